The molecule has 1 aliphatic heterocycles. The number of aromatic nitrogens is 1. The highest BCUT2D eigenvalue weighted by molar-refractivity contribution is 7.99. The Hall–Kier alpha value is -2.00. The summed E-state index contributed by atoms with van der Waals surface area (Å²) >= 11 is 7.91. The number of carbonyl (C=O) groups is 1. The molecule has 1 aromatic carbocycles. The van der Waals surface area contributed by atoms with Crippen LogP contribution < -0.4 is 15.8 Å². The van der Waals surface area contributed by atoms with Gasteiger partial charge in [-0.1, -0.05) is 11.6 Å². The standard InChI is InChI=1S/C21H27ClN4O3S/c1-28-19-12-17(23)16(22)11-15(19)21(27)25-18-5-8-26(13-20(18)29-2)9-10-30-14-3-6-24-7-4-14/h3-4,6-7,11-12,18,20H,5,8-10,13,23H2,1-2H3,(H,25,27). The van der Waals surface area contributed by atoms with Gasteiger partial charge in [0.1, 0.15) is 5.75 Å². The van der Waals surface area contributed by atoms with E-state index >= 15 is 0 Å². The molecule has 0 radical (unpaired) electrons. The van der Waals surface area contributed by atoms with Gasteiger partial charge in [0.15, 0.2) is 0 Å². The number of hydrogen-bond acceptors (Lipinski definition) is 7. The first-order chi connectivity index (χ1) is 14.5. The number of amides is 1. The number of likely N-dealkylation sites (tertiary alicyclic amines) is 1. The maximum absolute atomic E-state index is 12.9. The van der Waals surface area contributed by atoms with E-state index in [4.69, 9.17) is 26.8 Å². The van der Waals surface area contributed by atoms with Crippen LogP contribution >= 0.6 is 23.4 Å². The number of methoxy groups -OCH3 is 2. The summed E-state index contributed by atoms with van der Waals surface area (Å²) in [5, 5.41) is 3.40. The molecule has 1 amide bonds. The predicted molar refractivity (Wildman–Crippen MR) is 120 cm³/mol. The van der Waals surface area contributed by atoms with E-state index in [2.05, 4.69) is 15.2 Å². The Morgan fingerprint density at radius 1 is 1.37 bits per heavy atom. The highest BCUT2D eigenvalue weighted by Crippen LogP contribution is 2.29. The number of nitrogens with two attached hydrogens (primary N) is 1. The van der Waals surface area contributed by atoms with E-state index in [9.17, 15) is 4.79 Å². The minimum absolute atomic E-state index is 0.0902. The predicted octanol–water partition coefficient (Wildman–Crippen LogP) is 2.94. The minimum atomic E-state index is -0.248. The number of piperidine rings is 1. The zero-order chi connectivity index (χ0) is 21.5. The molecular weight excluding hydrogens is 424 g/mol. The molecular formula is C21H27ClN4O3S. The SMILES string of the molecule is COc1cc(N)c(Cl)cc1C(=O)NC1CCN(CCSc2ccncc2)CC1OC. The van der Waals surface area contributed by atoms with E-state index in [-0.39, 0.29) is 18.1 Å². The van der Waals surface area contributed by atoms with Crippen molar-refractivity contribution in [3.05, 3.63) is 47.2 Å². The number of pyridine rings is 1. The van der Waals surface area contributed by atoms with Gasteiger partial charge in [0, 0.05) is 55.9 Å². The number of thioether (sulfide) groups is 1. The Balaban J connectivity index is 1.55. The average Bonchev–Trinajstić information content (AvgIpc) is 2.76. The summed E-state index contributed by atoms with van der Waals surface area (Å²) in [6, 6.07) is 7.05. The summed E-state index contributed by atoms with van der Waals surface area (Å²) < 4.78 is 11.0. The second kappa shape index (κ2) is 10.9. The van der Waals surface area contributed by atoms with Gasteiger partial charge in [0.2, 0.25) is 0 Å². The van der Waals surface area contributed by atoms with Crippen molar-refractivity contribution in [3.63, 3.8) is 0 Å². The van der Waals surface area contributed by atoms with Crippen molar-refractivity contribution in [1.29, 1.82) is 0 Å². The van der Waals surface area contributed by atoms with E-state index < -0.39 is 0 Å². The van der Waals surface area contributed by atoms with Gasteiger partial charge in [0.25, 0.3) is 5.91 Å². The summed E-state index contributed by atoms with van der Waals surface area (Å²) in [5.74, 6) is 1.13. The lowest BCUT2D eigenvalue weighted by molar-refractivity contribution is 0.00834. The number of ether oxygens (including phenoxy) is 2. The van der Waals surface area contributed by atoms with E-state index in [0.29, 0.717) is 22.0 Å². The molecule has 162 valence electrons. The van der Waals surface area contributed by atoms with Crippen LogP contribution in [0.1, 0.15) is 16.8 Å². The van der Waals surface area contributed by atoms with Gasteiger partial charge < -0.3 is 20.5 Å². The van der Waals surface area contributed by atoms with E-state index in [0.717, 1.165) is 31.8 Å². The Morgan fingerprint density at radius 2 is 2.13 bits per heavy atom. The van der Waals surface area contributed by atoms with Crippen molar-refractivity contribution in [2.75, 3.05) is 45.3 Å². The zero-order valence-electron chi connectivity index (χ0n) is 17.1. The van der Waals surface area contributed by atoms with Gasteiger partial charge in [0.05, 0.1) is 35.5 Å². The number of carbonyl (C=O) groups excluding carboxylic acids is 1. The lowest BCUT2D eigenvalue weighted by atomic mass is 10.0. The largest absolute Gasteiger partial charge is 0.496 e. The highest BCUT2D eigenvalue weighted by atomic mass is 35.5. The fraction of sp³-hybridized carbons (Fsp3) is 0.429. The molecule has 2 aromatic rings. The molecule has 1 aliphatic rings. The molecule has 1 aromatic heterocycles. The van der Waals surface area contributed by atoms with Crippen molar-refractivity contribution in [2.45, 2.75) is 23.5 Å². The van der Waals surface area contributed by atoms with Gasteiger partial charge in [-0.3, -0.25) is 14.7 Å². The van der Waals surface area contributed by atoms with E-state index in [1.807, 2.05) is 23.9 Å². The van der Waals surface area contributed by atoms with Crippen molar-refractivity contribution in [1.82, 2.24) is 15.2 Å². The number of nitrogens with zero attached hydrogens (tertiary/aromatic N) is 2. The third kappa shape index (κ3) is 5.78. The number of hydrogen-bond donors (Lipinski definition) is 2. The molecule has 0 aliphatic carbocycles. The Kier molecular flexibility index (Phi) is 8.21. The summed E-state index contributed by atoms with van der Waals surface area (Å²) in [5.41, 5.74) is 6.55. The van der Waals surface area contributed by atoms with Crippen molar-refractivity contribution < 1.29 is 14.3 Å². The van der Waals surface area contributed by atoms with Crippen molar-refractivity contribution >= 4 is 35.0 Å². The van der Waals surface area contributed by atoms with Gasteiger partial charge in [-0.05, 0) is 24.6 Å². The fourth-order valence-electron chi connectivity index (χ4n) is 3.48. The molecule has 30 heavy (non-hydrogen) atoms. The number of nitrogens with one attached hydrogen (secondary N) is 1. The van der Waals surface area contributed by atoms with Gasteiger partial charge in [-0.15, -0.1) is 11.8 Å². The van der Waals surface area contributed by atoms with Gasteiger partial charge in [-0.25, -0.2) is 0 Å². The summed E-state index contributed by atoms with van der Waals surface area (Å²) in [4.78, 5) is 20.5. The molecule has 0 saturated carbocycles. The second-order valence-electron chi connectivity index (χ2n) is 7.05. The molecule has 1 saturated heterocycles. The number of rotatable bonds is 8. The first-order valence-corrected chi connectivity index (χ1v) is 11.1. The highest BCUT2D eigenvalue weighted by Gasteiger charge is 2.31. The summed E-state index contributed by atoms with van der Waals surface area (Å²) in [6.07, 6.45) is 4.32. The van der Waals surface area contributed by atoms with E-state index in [1.165, 1.54) is 12.0 Å². The molecule has 3 N–H and O–H groups in total. The lowest BCUT2D eigenvalue weighted by Gasteiger charge is -2.38. The molecule has 9 heteroatoms. The number of nitrogen functional groups attached to an aromatic ring is 1. The van der Waals surface area contributed by atoms with Crippen LogP contribution in [-0.4, -0.2) is 67.5 Å². The first-order valence-electron chi connectivity index (χ1n) is 9.73. The maximum Gasteiger partial charge on any atom is 0.255 e. The molecule has 3 rings (SSSR count). The number of halogens is 1. The molecule has 1 fully saturated rings. The Bertz CT molecular complexity index is 856. The molecule has 2 heterocycles. The molecule has 2 unspecified atom stereocenters. The second-order valence-corrected chi connectivity index (χ2v) is 8.62. The molecule has 0 bridgehead atoms. The van der Waals surface area contributed by atoms with E-state index in [1.54, 1.807) is 31.6 Å². The normalized spacial score (nSPS) is 19.4. The maximum atomic E-state index is 12.9. The minimum Gasteiger partial charge on any atom is -0.496 e. The van der Waals surface area contributed by atoms with Crippen LogP contribution in [-0.2, 0) is 4.74 Å². The third-order valence-corrected chi connectivity index (χ3v) is 6.47. The van der Waals surface area contributed by atoms with Gasteiger partial charge >= 0.3 is 0 Å². The quantitative estimate of drug-likeness (QED) is 0.472. The van der Waals surface area contributed by atoms with Crippen LogP contribution in [0.25, 0.3) is 0 Å². The monoisotopic (exact) mass is 450 g/mol. The average molecular weight is 451 g/mol. The summed E-state index contributed by atoms with van der Waals surface area (Å²) in [6.45, 7) is 2.61. The van der Waals surface area contributed by atoms with Crippen LogP contribution in [0.15, 0.2) is 41.6 Å². The molecule has 7 nitrogen and oxygen atoms in total. The third-order valence-electron chi connectivity index (χ3n) is 5.15. The zero-order valence-corrected chi connectivity index (χ0v) is 18.7. The number of anilines is 1. The topological polar surface area (TPSA) is 89.7 Å². The molecule has 2 atom stereocenters. The number of benzene rings is 1. The van der Waals surface area contributed by atoms with Gasteiger partial charge in [-0.2, -0.15) is 0 Å². The smallest absolute Gasteiger partial charge is 0.255 e. The Labute approximate surface area is 186 Å². The fourth-order valence-corrected chi connectivity index (χ4v) is 4.54. The van der Waals surface area contributed by atoms with Crippen LogP contribution in [0.4, 0.5) is 5.69 Å². The lowest BCUT2D eigenvalue weighted by Crippen LogP contribution is -2.55. The van der Waals surface area contributed by atoms with Crippen LogP contribution in [0.5, 0.6) is 5.75 Å². The molecule has 0 spiro atoms. The van der Waals surface area contributed by atoms with Crippen molar-refractivity contribution in [3.8, 4) is 5.75 Å². The van der Waals surface area contributed by atoms with Crippen LogP contribution in [0.2, 0.25) is 5.02 Å². The van der Waals surface area contributed by atoms with Crippen LogP contribution in [0.3, 0.4) is 0 Å². The van der Waals surface area contributed by atoms with Crippen molar-refractivity contribution in [2.24, 2.45) is 0 Å². The first kappa shape index (κ1) is 22.7. The van der Waals surface area contributed by atoms with Crippen LogP contribution in [0, 0.1) is 0 Å². The Morgan fingerprint density at radius 3 is 2.83 bits per heavy atom. The summed E-state index contributed by atoms with van der Waals surface area (Å²) in [7, 11) is 3.18.